The van der Waals surface area contributed by atoms with E-state index < -0.39 is 22.2 Å². The number of β-lactam (4-membered cyclic amide) rings is 1. The molecule has 2 unspecified atom stereocenters. The molecule has 2 atom stereocenters. The Balaban J connectivity index is 1.64. The first-order valence-electron chi connectivity index (χ1n) is 8.41. The maximum absolute atomic E-state index is 13.8. The fourth-order valence-electron chi connectivity index (χ4n) is 3.09. The quantitative estimate of drug-likeness (QED) is 0.199. The predicted octanol–water partition coefficient (Wildman–Crippen LogP) is 5.04. The highest BCUT2D eigenvalue weighted by Gasteiger charge is 2.50. The third-order valence-electron chi connectivity index (χ3n) is 4.57. The summed E-state index contributed by atoms with van der Waals surface area (Å²) in [6.45, 7) is 0. The number of carbonyl (C=O) groups is 1. The van der Waals surface area contributed by atoms with Gasteiger partial charge in [0.05, 0.1) is 26.7 Å². The van der Waals surface area contributed by atoms with E-state index in [-0.39, 0.29) is 27.4 Å². The second-order valence-electron chi connectivity index (χ2n) is 6.37. The first-order valence-corrected chi connectivity index (χ1v) is 10.6. The van der Waals surface area contributed by atoms with Gasteiger partial charge >= 0.3 is 0 Å². The number of likely N-dealkylation sites (tertiary alicyclic amines) is 1. The van der Waals surface area contributed by atoms with Gasteiger partial charge in [-0.1, -0.05) is 47.1 Å². The van der Waals surface area contributed by atoms with Gasteiger partial charge < -0.3 is 0 Å². The molecule has 2 aliphatic heterocycles. The molecule has 1 amide bonds. The number of amidine groups is 1. The van der Waals surface area contributed by atoms with Crippen molar-refractivity contribution in [2.75, 3.05) is 5.75 Å². The van der Waals surface area contributed by atoms with Gasteiger partial charge in [-0.2, -0.15) is 5.10 Å². The van der Waals surface area contributed by atoms with Crippen molar-refractivity contribution in [3.63, 3.8) is 0 Å². The second-order valence-corrected chi connectivity index (χ2v) is 8.60. The highest BCUT2D eigenvalue weighted by Crippen LogP contribution is 2.42. The van der Waals surface area contributed by atoms with Crippen LogP contribution in [0.15, 0.2) is 46.6 Å². The number of nitrogens with zero attached hydrogens (tertiary/aromatic N) is 4. The Kier molecular flexibility index (Phi) is 5.71. The number of alkyl halides is 1. The Morgan fingerprint density at radius 1 is 1.20 bits per heavy atom. The van der Waals surface area contributed by atoms with Crippen LogP contribution in [0.25, 0.3) is 0 Å². The van der Waals surface area contributed by atoms with E-state index in [1.54, 1.807) is 6.07 Å². The molecule has 2 aromatic carbocycles. The fraction of sp³-hybridized carbons (Fsp3) is 0.167. The minimum Gasteiger partial charge on any atom is -0.279 e. The molecule has 4 rings (SSSR count). The molecule has 0 radical (unpaired) electrons. The van der Waals surface area contributed by atoms with Crippen molar-refractivity contribution >= 4 is 69.0 Å². The van der Waals surface area contributed by atoms with Crippen LogP contribution in [0.3, 0.4) is 0 Å². The van der Waals surface area contributed by atoms with E-state index in [9.17, 15) is 19.3 Å². The molecule has 2 heterocycles. The Hall–Kier alpha value is -2.20. The Bertz CT molecular complexity index is 1140. The smallest absolute Gasteiger partial charge is 0.269 e. The minimum absolute atomic E-state index is 0.101. The zero-order valence-corrected chi connectivity index (χ0v) is 17.8. The lowest BCUT2D eigenvalue weighted by atomic mass is 9.93. The summed E-state index contributed by atoms with van der Waals surface area (Å²) in [4.78, 5) is 24.3. The zero-order valence-electron chi connectivity index (χ0n) is 14.8. The normalized spacial score (nSPS) is 21.1. The molecule has 30 heavy (non-hydrogen) atoms. The minimum atomic E-state index is -0.875. The van der Waals surface area contributed by atoms with Crippen LogP contribution < -0.4 is 0 Å². The van der Waals surface area contributed by atoms with Crippen molar-refractivity contribution in [2.45, 2.75) is 11.4 Å². The van der Waals surface area contributed by atoms with Crippen molar-refractivity contribution in [2.24, 2.45) is 10.2 Å². The van der Waals surface area contributed by atoms with Gasteiger partial charge in [0.25, 0.3) is 5.69 Å². The van der Waals surface area contributed by atoms with Crippen molar-refractivity contribution in [1.82, 2.24) is 4.90 Å². The summed E-state index contributed by atoms with van der Waals surface area (Å²) < 4.78 is 13.8. The third kappa shape index (κ3) is 3.66. The summed E-state index contributed by atoms with van der Waals surface area (Å²) in [6, 6.07) is 7.77. The number of thioether (sulfide) groups is 1. The van der Waals surface area contributed by atoms with Gasteiger partial charge in [-0.05, 0) is 17.7 Å². The summed E-state index contributed by atoms with van der Waals surface area (Å²) >= 11 is 19.2. The lowest BCUT2D eigenvalue weighted by Gasteiger charge is -2.44. The third-order valence-corrected chi connectivity index (χ3v) is 6.55. The molecule has 2 aliphatic rings. The summed E-state index contributed by atoms with van der Waals surface area (Å²) in [5.74, 6) is -0.737. The number of nitro groups is 1. The molecular weight excluding hydrogens is 478 g/mol. The maximum Gasteiger partial charge on any atom is 0.269 e. The molecule has 0 N–H and O–H groups in total. The van der Waals surface area contributed by atoms with Crippen LogP contribution in [-0.2, 0) is 4.79 Å². The monoisotopic (exact) mass is 486 g/mol. The predicted molar refractivity (Wildman–Crippen MR) is 115 cm³/mol. The van der Waals surface area contributed by atoms with Crippen LogP contribution in [0.1, 0.15) is 17.2 Å². The van der Waals surface area contributed by atoms with E-state index in [0.29, 0.717) is 22.0 Å². The molecule has 1 saturated heterocycles. The molecular formula is C18H10Cl3FN4O3S. The summed E-state index contributed by atoms with van der Waals surface area (Å²) in [7, 11) is 0. The average molecular weight is 488 g/mol. The molecule has 0 aromatic heterocycles. The molecule has 0 spiro atoms. The molecule has 1 fully saturated rings. The van der Waals surface area contributed by atoms with Crippen molar-refractivity contribution < 1.29 is 14.1 Å². The number of hydrogen-bond donors (Lipinski definition) is 0. The molecule has 0 saturated carbocycles. The van der Waals surface area contributed by atoms with Gasteiger partial charge in [-0.25, -0.2) is 4.39 Å². The Morgan fingerprint density at radius 2 is 1.97 bits per heavy atom. The maximum atomic E-state index is 13.8. The van der Waals surface area contributed by atoms with E-state index in [0.717, 1.165) is 0 Å². The number of amides is 1. The van der Waals surface area contributed by atoms with Gasteiger partial charge in [0.1, 0.15) is 11.2 Å². The van der Waals surface area contributed by atoms with Crippen LogP contribution >= 0.6 is 46.6 Å². The summed E-state index contributed by atoms with van der Waals surface area (Å²) in [6.07, 6.45) is 0. The average Bonchev–Trinajstić information content (AvgIpc) is 2.74. The van der Waals surface area contributed by atoms with Crippen LogP contribution in [0, 0.1) is 15.9 Å². The molecule has 0 aliphatic carbocycles. The Morgan fingerprint density at radius 3 is 2.63 bits per heavy atom. The van der Waals surface area contributed by atoms with Crippen LogP contribution in [0.5, 0.6) is 0 Å². The standard InChI is InChI=1S/C18H10Cl3FN4O3S/c19-11-6-12(20)13(22)5-10(11)14-7-30-18(24-23-14)25-16(15(21)17(25)27)8-2-1-3-9(4-8)26(28)29/h1-6,15-16H,7H2. The lowest BCUT2D eigenvalue weighted by Crippen LogP contribution is -2.58. The number of benzene rings is 2. The van der Waals surface area contributed by atoms with Gasteiger partial charge in [0, 0.05) is 23.4 Å². The topological polar surface area (TPSA) is 88.2 Å². The van der Waals surface area contributed by atoms with Crippen molar-refractivity contribution in [3.05, 3.63) is 73.5 Å². The fourth-order valence-corrected chi connectivity index (χ4v) is 4.87. The van der Waals surface area contributed by atoms with E-state index in [2.05, 4.69) is 10.2 Å². The number of carbonyl (C=O) groups excluding carboxylic acids is 1. The molecule has 7 nitrogen and oxygen atoms in total. The van der Waals surface area contributed by atoms with E-state index >= 15 is 0 Å². The second kappa shape index (κ2) is 8.14. The molecule has 154 valence electrons. The number of rotatable bonds is 3. The lowest BCUT2D eigenvalue weighted by molar-refractivity contribution is -0.385. The Labute approximate surface area is 188 Å². The number of non-ortho nitro benzene ring substituents is 1. The number of nitro benzene ring substituents is 1. The molecule has 2 aromatic rings. The number of hydrogen-bond acceptors (Lipinski definition) is 6. The summed E-state index contributed by atoms with van der Waals surface area (Å²) in [5, 5.41) is 18.8. The van der Waals surface area contributed by atoms with Crippen LogP contribution in [0.4, 0.5) is 10.1 Å². The first kappa shape index (κ1) is 21.0. The molecule has 0 bridgehead atoms. The SMILES string of the molecule is O=C1C(Cl)C(c2cccc([N+](=O)[O-])c2)N1C1=NN=C(c2cc(F)c(Cl)cc2Cl)CS1. The van der Waals surface area contributed by atoms with Crippen LogP contribution in [0.2, 0.25) is 10.0 Å². The van der Waals surface area contributed by atoms with E-state index in [4.69, 9.17) is 34.8 Å². The zero-order chi connectivity index (χ0) is 21.6. The van der Waals surface area contributed by atoms with Crippen molar-refractivity contribution in [1.29, 1.82) is 0 Å². The van der Waals surface area contributed by atoms with E-state index in [1.165, 1.54) is 47.0 Å². The van der Waals surface area contributed by atoms with Gasteiger partial charge in [-0.15, -0.1) is 16.7 Å². The van der Waals surface area contributed by atoms with Crippen molar-refractivity contribution in [3.8, 4) is 0 Å². The van der Waals surface area contributed by atoms with Gasteiger partial charge in [-0.3, -0.25) is 19.8 Å². The van der Waals surface area contributed by atoms with Crippen LogP contribution in [-0.4, -0.2) is 37.7 Å². The van der Waals surface area contributed by atoms with Gasteiger partial charge in [0.15, 0.2) is 5.17 Å². The highest BCUT2D eigenvalue weighted by molar-refractivity contribution is 8.14. The largest absolute Gasteiger partial charge is 0.279 e. The molecule has 12 heteroatoms. The van der Waals surface area contributed by atoms with Gasteiger partial charge in [0.2, 0.25) is 5.91 Å². The highest BCUT2D eigenvalue weighted by atomic mass is 35.5. The number of halogens is 4. The van der Waals surface area contributed by atoms with E-state index in [1.807, 2.05) is 0 Å². The summed E-state index contributed by atoms with van der Waals surface area (Å²) in [5.41, 5.74) is 1.19. The first-order chi connectivity index (χ1) is 14.3.